The van der Waals surface area contributed by atoms with E-state index in [2.05, 4.69) is 125 Å². The van der Waals surface area contributed by atoms with E-state index >= 15 is 0 Å². The standard InChI is InChI=1S/C30H20N2/c1-2-8-20(9-3-1)21-14-16-22(17-15-21)32-28-13-7-5-10-23(28)24-18-19-27-29(30(24)32)25-11-4-6-12-26(25)31-27/h1-19,31H. The Morgan fingerprint density at radius 3 is 2.00 bits per heavy atom. The molecule has 32 heavy (non-hydrogen) atoms. The summed E-state index contributed by atoms with van der Waals surface area (Å²) in [6.07, 6.45) is 0. The quantitative estimate of drug-likeness (QED) is 0.298. The minimum Gasteiger partial charge on any atom is -0.354 e. The summed E-state index contributed by atoms with van der Waals surface area (Å²) in [7, 11) is 0. The Labute approximate surface area is 185 Å². The van der Waals surface area contributed by atoms with E-state index in [0.29, 0.717) is 0 Å². The van der Waals surface area contributed by atoms with Gasteiger partial charge in [0.2, 0.25) is 0 Å². The summed E-state index contributed by atoms with van der Waals surface area (Å²) in [5, 5.41) is 5.10. The van der Waals surface area contributed by atoms with E-state index in [1.54, 1.807) is 0 Å². The fraction of sp³-hybridized carbons (Fsp3) is 0. The lowest BCUT2D eigenvalue weighted by atomic mass is 10.1. The minimum absolute atomic E-state index is 1.17. The normalized spacial score (nSPS) is 11.8. The van der Waals surface area contributed by atoms with Crippen molar-refractivity contribution in [3.63, 3.8) is 0 Å². The van der Waals surface area contributed by atoms with E-state index < -0.39 is 0 Å². The molecular weight excluding hydrogens is 388 g/mol. The number of para-hydroxylation sites is 2. The molecule has 0 saturated heterocycles. The molecule has 1 N–H and O–H groups in total. The molecule has 0 unspecified atom stereocenters. The van der Waals surface area contributed by atoms with Crippen LogP contribution >= 0.6 is 0 Å². The predicted molar refractivity (Wildman–Crippen MR) is 136 cm³/mol. The summed E-state index contributed by atoms with van der Waals surface area (Å²) < 4.78 is 2.42. The van der Waals surface area contributed by atoms with Crippen LogP contribution in [0.3, 0.4) is 0 Å². The van der Waals surface area contributed by atoms with Crippen LogP contribution in [0, 0.1) is 0 Å². The van der Waals surface area contributed by atoms with Crippen LogP contribution in [0.25, 0.3) is 60.4 Å². The van der Waals surface area contributed by atoms with Crippen molar-refractivity contribution >= 4 is 43.6 Å². The highest BCUT2D eigenvalue weighted by Gasteiger charge is 2.17. The molecule has 0 bridgehead atoms. The van der Waals surface area contributed by atoms with Gasteiger partial charge >= 0.3 is 0 Å². The lowest BCUT2D eigenvalue weighted by molar-refractivity contribution is 1.19. The third kappa shape index (κ3) is 2.41. The molecule has 2 heterocycles. The van der Waals surface area contributed by atoms with Gasteiger partial charge in [-0.3, -0.25) is 0 Å². The Balaban J connectivity index is 1.59. The number of nitrogens with zero attached hydrogens (tertiary/aromatic N) is 1. The first-order valence-corrected chi connectivity index (χ1v) is 11.0. The van der Waals surface area contributed by atoms with Crippen molar-refractivity contribution in [1.29, 1.82) is 0 Å². The van der Waals surface area contributed by atoms with Gasteiger partial charge in [-0.05, 0) is 41.5 Å². The lowest BCUT2D eigenvalue weighted by Gasteiger charge is -2.10. The molecule has 0 fully saturated rings. The third-order valence-electron chi connectivity index (χ3n) is 6.54. The monoisotopic (exact) mass is 408 g/mol. The van der Waals surface area contributed by atoms with Crippen LogP contribution in [0.5, 0.6) is 0 Å². The Hall–Kier alpha value is -4.30. The first-order chi connectivity index (χ1) is 15.9. The number of nitrogens with one attached hydrogen (secondary N) is 1. The highest BCUT2D eigenvalue weighted by molar-refractivity contribution is 6.25. The van der Waals surface area contributed by atoms with Gasteiger partial charge in [-0.25, -0.2) is 0 Å². The van der Waals surface area contributed by atoms with Gasteiger partial charge in [0.25, 0.3) is 0 Å². The molecule has 0 spiro atoms. The van der Waals surface area contributed by atoms with Crippen molar-refractivity contribution in [2.75, 3.05) is 0 Å². The largest absolute Gasteiger partial charge is 0.354 e. The molecule has 0 aliphatic carbocycles. The SMILES string of the molecule is c1ccc(-c2ccc(-n3c4ccccc4c4ccc5[nH]c6ccccc6c5c43)cc2)cc1. The Kier molecular flexibility index (Phi) is 3.58. The highest BCUT2D eigenvalue weighted by Crippen LogP contribution is 2.39. The topological polar surface area (TPSA) is 20.7 Å². The van der Waals surface area contributed by atoms with Crippen molar-refractivity contribution in [1.82, 2.24) is 9.55 Å². The molecule has 2 nitrogen and oxygen atoms in total. The molecule has 0 amide bonds. The molecule has 2 aromatic heterocycles. The van der Waals surface area contributed by atoms with Crippen molar-refractivity contribution < 1.29 is 0 Å². The fourth-order valence-electron chi connectivity index (χ4n) is 5.09. The van der Waals surface area contributed by atoms with E-state index in [1.807, 2.05) is 0 Å². The van der Waals surface area contributed by atoms with Crippen LogP contribution in [-0.2, 0) is 0 Å². The number of aromatic nitrogens is 2. The van der Waals surface area contributed by atoms with Crippen LogP contribution in [0.2, 0.25) is 0 Å². The van der Waals surface area contributed by atoms with Gasteiger partial charge in [-0.2, -0.15) is 0 Å². The average Bonchev–Trinajstić information content (AvgIpc) is 3.40. The molecule has 0 saturated carbocycles. The van der Waals surface area contributed by atoms with Crippen LogP contribution in [0.4, 0.5) is 0 Å². The Bertz CT molecular complexity index is 1750. The first kappa shape index (κ1) is 17.4. The maximum Gasteiger partial charge on any atom is 0.0641 e. The van der Waals surface area contributed by atoms with Crippen molar-refractivity contribution in [3.8, 4) is 16.8 Å². The first-order valence-electron chi connectivity index (χ1n) is 11.0. The van der Waals surface area contributed by atoms with E-state index in [-0.39, 0.29) is 0 Å². The van der Waals surface area contributed by atoms with Crippen molar-refractivity contribution in [2.24, 2.45) is 0 Å². The molecule has 0 radical (unpaired) electrons. The number of hydrogen-bond acceptors (Lipinski definition) is 0. The molecular formula is C30H20N2. The van der Waals surface area contributed by atoms with Gasteiger partial charge in [0.15, 0.2) is 0 Å². The van der Waals surface area contributed by atoms with Gasteiger partial charge in [-0.1, -0.05) is 84.9 Å². The predicted octanol–water partition coefficient (Wildman–Crippen LogP) is 8.09. The Morgan fingerprint density at radius 2 is 1.16 bits per heavy atom. The molecule has 7 rings (SSSR count). The number of benzene rings is 5. The van der Waals surface area contributed by atoms with E-state index in [0.717, 1.165) is 0 Å². The minimum atomic E-state index is 1.17. The number of aromatic amines is 1. The van der Waals surface area contributed by atoms with E-state index in [9.17, 15) is 0 Å². The van der Waals surface area contributed by atoms with Crippen LogP contribution < -0.4 is 0 Å². The summed E-state index contributed by atoms with van der Waals surface area (Å²) in [5.41, 5.74) is 8.47. The summed E-state index contributed by atoms with van der Waals surface area (Å²) >= 11 is 0. The second kappa shape index (κ2) is 6.60. The van der Waals surface area contributed by atoms with Crippen molar-refractivity contribution in [3.05, 3.63) is 115 Å². The fourth-order valence-corrected chi connectivity index (χ4v) is 5.09. The maximum absolute atomic E-state index is 3.61. The van der Waals surface area contributed by atoms with Gasteiger partial charge in [0.05, 0.1) is 11.0 Å². The molecule has 0 aliphatic heterocycles. The molecule has 150 valence electrons. The smallest absolute Gasteiger partial charge is 0.0641 e. The maximum atomic E-state index is 3.61. The summed E-state index contributed by atoms with van der Waals surface area (Å²) in [6, 6.07) is 41.2. The van der Waals surface area contributed by atoms with Gasteiger partial charge in [-0.15, -0.1) is 0 Å². The van der Waals surface area contributed by atoms with E-state index in [1.165, 1.54) is 60.4 Å². The van der Waals surface area contributed by atoms with Gasteiger partial charge in [0.1, 0.15) is 0 Å². The zero-order valence-corrected chi connectivity index (χ0v) is 17.4. The molecule has 0 atom stereocenters. The summed E-state index contributed by atoms with van der Waals surface area (Å²) in [6.45, 7) is 0. The average molecular weight is 409 g/mol. The zero-order chi connectivity index (χ0) is 21.1. The Morgan fingerprint density at radius 1 is 0.469 bits per heavy atom. The van der Waals surface area contributed by atoms with Crippen molar-refractivity contribution in [2.45, 2.75) is 0 Å². The van der Waals surface area contributed by atoms with Crippen LogP contribution in [0.15, 0.2) is 115 Å². The van der Waals surface area contributed by atoms with E-state index in [4.69, 9.17) is 0 Å². The molecule has 5 aromatic carbocycles. The summed E-state index contributed by atoms with van der Waals surface area (Å²) in [5.74, 6) is 0. The number of fused-ring (bicyclic) bond motifs is 7. The lowest BCUT2D eigenvalue weighted by Crippen LogP contribution is -1.94. The second-order valence-corrected chi connectivity index (χ2v) is 8.32. The van der Waals surface area contributed by atoms with Gasteiger partial charge in [0, 0.05) is 38.3 Å². The number of H-pyrrole nitrogens is 1. The second-order valence-electron chi connectivity index (χ2n) is 8.32. The number of hydrogen-bond donors (Lipinski definition) is 1. The highest BCUT2D eigenvalue weighted by atomic mass is 15.0. The van der Waals surface area contributed by atoms with Gasteiger partial charge < -0.3 is 9.55 Å². The van der Waals surface area contributed by atoms with Crippen LogP contribution in [0.1, 0.15) is 0 Å². The third-order valence-corrected chi connectivity index (χ3v) is 6.54. The van der Waals surface area contributed by atoms with Crippen LogP contribution in [-0.4, -0.2) is 9.55 Å². The molecule has 2 heteroatoms. The zero-order valence-electron chi connectivity index (χ0n) is 17.4. The summed E-state index contributed by atoms with van der Waals surface area (Å²) in [4.78, 5) is 3.61. The number of rotatable bonds is 2. The molecule has 7 aromatic rings. The molecule has 0 aliphatic rings.